The molecule has 3 rings (SSSR count). The quantitative estimate of drug-likeness (QED) is 0.598. The first kappa shape index (κ1) is 19.3. The van der Waals surface area contributed by atoms with Crippen molar-refractivity contribution >= 4 is 11.6 Å². The van der Waals surface area contributed by atoms with Crippen LogP contribution < -0.4 is 14.8 Å². The van der Waals surface area contributed by atoms with Gasteiger partial charge in [-0.25, -0.2) is 13.2 Å². The maximum absolute atomic E-state index is 13.5. The molecule has 0 atom stereocenters. The third-order valence-corrected chi connectivity index (χ3v) is 3.75. The molecule has 28 heavy (non-hydrogen) atoms. The average molecular weight is 387 g/mol. The van der Waals surface area contributed by atoms with Crippen LogP contribution in [0.25, 0.3) is 0 Å². The van der Waals surface area contributed by atoms with E-state index in [2.05, 4.69) is 5.32 Å². The summed E-state index contributed by atoms with van der Waals surface area (Å²) in [5.74, 6) is -4.13. The molecule has 0 spiro atoms. The maximum atomic E-state index is 13.5. The van der Waals surface area contributed by atoms with Crippen LogP contribution >= 0.6 is 0 Å². The molecule has 0 aliphatic carbocycles. The Bertz CT molecular complexity index is 947. The minimum absolute atomic E-state index is 0.396. The Morgan fingerprint density at radius 3 is 2.11 bits per heavy atom. The van der Waals surface area contributed by atoms with E-state index in [-0.39, 0.29) is 0 Å². The van der Waals surface area contributed by atoms with E-state index in [1.54, 1.807) is 24.3 Å². The molecule has 0 fully saturated rings. The standard InChI is InChI=1S/C21H16F3NO3/c22-17-10-11-18(21(24)20(17)23)25-19(26)13-28-16-8-6-15(7-9-16)27-12-14-4-2-1-3-5-14/h1-11H,12-13H2,(H,25,26). The lowest BCUT2D eigenvalue weighted by Crippen LogP contribution is -2.21. The lowest BCUT2D eigenvalue weighted by atomic mass is 10.2. The molecule has 0 unspecified atom stereocenters. The molecule has 144 valence electrons. The third kappa shape index (κ3) is 5.03. The van der Waals surface area contributed by atoms with Gasteiger partial charge in [0.1, 0.15) is 18.1 Å². The molecule has 0 radical (unpaired) electrons. The molecule has 0 saturated heterocycles. The van der Waals surface area contributed by atoms with E-state index >= 15 is 0 Å². The van der Waals surface area contributed by atoms with E-state index in [1.807, 2.05) is 30.3 Å². The van der Waals surface area contributed by atoms with Gasteiger partial charge in [0, 0.05) is 0 Å². The number of ether oxygens (including phenoxy) is 2. The Morgan fingerprint density at radius 2 is 1.43 bits per heavy atom. The average Bonchev–Trinajstić information content (AvgIpc) is 2.73. The number of rotatable bonds is 7. The minimum Gasteiger partial charge on any atom is -0.489 e. The summed E-state index contributed by atoms with van der Waals surface area (Å²) in [5, 5.41) is 2.13. The molecule has 0 heterocycles. The van der Waals surface area contributed by atoms with Crippen LogP contribution in [0.15, 0.2) is 66.7 Å². The van der Waals surface area contributed by atoms with E-state index in [0.29, 0.717) is 18.1 Å². The van der Waals surface area contributed by atoms with Crippen molar-refractivity contribution in [2.45, 2.75) is 6.61 Å². The zero-order valence-electron chi connectivity index (χ0n) is 14.6. The van der Waals surface area contributed by atoms with Crippen molar-refractivity contribution in [2.75, 3.05) is 11.9 Å². The summed E-state index contributed by atoms with van der Waals surface area (Å²) in [7, 11) is 0. The molecule has 4 nitrogen and oxygen atoms in total. The summed E-state index contributed by atoms with van der Waals surface area (Å²) in [5.41, 5.74) is 0.570. The van der Waals surface area contributed by atoms with Gasteiger partial charge in [-0.1, -0.05) is 30.3 Å². The number of carbonyl (C=O) groups excluding carboxylic acids is 1. The van der Waals surface area contributed by atoms with E-state index in [4.69, 9.17) is 9.47 Å². The summed E-state index contributed by atoms with van der Waals surface area (Å²) in [6.45, 7) is -0.00804. The molecule has 0 saturated carbocycles. The smallest absolute Gasteiger partial charge is 0.262 e. The highest BCUT2D eigenvalue weighted by atomic mass is 19.2. The van der Waals surface area contributed by atoms with Gasteiger partial charge in [-0.05, 0) is 42.0 Å². The van der Waals surface area contributed by atoms with Gasteiger partial charge in [-0.2, -0.15) is 0 Å². The zero-order valence-corrected chi connectivity index (χ0v) is 14.6. The van der Waals surface area contributed by atoms with Crippen LogP contribution in [-0.2, 0) is 11.4 Å². The fourth-order valence-electron chi connectivity index (χ4n) is 2.33. The number of amides is 1. The summed E-state index contributed by atoms with van der Waals surface area (Å²) >= 11 is 0. The lowest BCUT2D eigenvalue weighted by molar-refractivity contribution is -0.118. The van der Waals surface area contributed by atoms with E-state index in [0.717, 1.165) is 17.7 Å². The normalized spacial score (nSPS) is 10.4. The molecule has 0 aliphatic rings. The topological polar surface area (TPSA) is 47.6 Å². The van der Waals surface area contributed by atoms with E-state index in [9.17, 15) is 18.0 Å². The lowest BCUT2D eigenvalue weighted by Gasteiger charge is -2.10. The van der Waals surface area contributed by atoms with Gasteiger partial charge in [-0.15, -0.1) is 0 Å². The first-order valence-corrected chi connectivity index (χ1v) is 8.36. The summed E-state index contributed by atoms with van der Waals surface area (Å²) < 4.78 is 50.5. The molecular formula is C21H16F3NO3. The predicted molar refractivity (Wildman–Crippen MR) is 97.7 cm³/mol. The first-order chi connectivity index (χ1) is 13.5. The first-order valence-electron chi connectivity index (χ1n) is 8.36. The number of anilines is 1. The third-order valence-electron chi connectivity index (χ3n) is 3.75. The van der Waals surface area contributed by atoms with Gasteiger partial charge in [0.25, 0.3) is 5.91 Å². The largest absolute Gasteiger partial charge is 0.489 e. The van der Waals surface area contributed by atoms with Gasteiger partial charge in [0.2, 0.25) is 0 Å². The van der Waals surface area contributed by atoms with Crippen LogP contribution in [0.2, 0.25) is 0 Å². The van der Waals surface area contributed by atoms with Crippen molar-refractivity contribution in [3.05, 3.63) is 89.7 Å². The Kier molecular flexibility index (Phi) is 6.16. The van der Waals surface area contributed by atoms with E-state index in [1.165, 1.54) is 0 Å². The Labute approximate surface area is 159 Å². The highest BCUT2D eigenvalue weighted by Gasteiger charge is 2.15. The van der Waals surface area contributed by atoms with Crippen molar-refractivity contribution in [3.63, 3.8) is 0 Å². The Morgan fingerprint density at radius 1 is 0.786 bits per heavy atom. The summed E-state index contributed by atoms with van der Waals surface area (Å²) in [4.78, 5) is 11.8. The zero-order chi connectivity index (χ0) is 19.9. The van der Waals surface area contributed by atoms with Crippen molar-refractivity contribution in [1.29, 1.82) is 0 Å². The molecule has 3 aromatic rings. The maximum Gasteiger partial charge on any atom is 0.262 e. The number of hydrogen-bond donors (Lipinski definition) is 1. The molecule has 1 amide bonds. The van der Waals surface area contributed by atoms with Crippen LogP contribution in [0.3, 0.4) is 0 Å². The molecule has 3 aromatic carbocycles. The van der Waals surface area contributed by atoms with Crippen molar-refractivity contribution in [1.82, 2.24) is 0 Å². The van der Waals surface area contributed by atoms with Crippen LogP contribution in [0, 0.1) is 17.5 Å². The second-order valence-corrected chi connectivity index (χ2v) is 5.81. The van der Waals surface area contributed by atoms with Gasteiger partial charge in [0.15, 0.2) is 24.1 Å². The summed E-state index contributed by atoms with van der Waals surface area (Å²) in [6, 6.07) is 17.9. The Balaban J connectivity index is 1.49. The number of nitrogens with one attached hydrogen (secondary N) is 1. The molecule has 0 aliphatic heterocycles. The van der Waals surface area contributed by atoms with Crippen molar-refractivity contribution < 1.29 is 27.4 Å². The van der Waals surface area contributed by atoms with Gasteiger partial charge in [-0.3, -0.25) is 4.79 Å². The molecule has 0 aromatic heterocycles. The van der Waals surface area contributed by atoms with Crippen molar-refractivity contribution in [3.8, 4) is 11.5 Å². The van der Waals surface area contributed by atoms with Crippen LogP contribution in [0.1, 0.15) is 5.56 Å². The highest BCUT2D eigenvalue weighted by molar-refractivity contribution is 5.92. The highest BCUT2D eigenvalue weighted by Crippen LogP contribution is 2.21. The number of halogens is 3. The molecular weight excluding hydrogens is 371 g/mol. The van der Waals surface area contributed by atoms with Crippen LogP contribution in [-0.4, -0.2) is 12.5 Å². The molecule has 7 heteroatoms. The molecule has 0 bridgehead atoms. The van der Waals surface area contributed by atoms with E-state index < -0.39 is 35.7 Å². The number of carbonyl (C=O) groups is 1. The van der Waals surface area contributed by atoms with Crippen LogP contribution in [0.5, 0.6) is 11.5 Å². The Hall–Kier alpha value is -3.48. The van der Waals surface area contributed by atoms with Gasteiger partial charge < -0.3 is 14.8 Å². The second-order valence-electron chi connectivity index (χ2n) is 5.81. The SMILES string of the molecule is O=C(COc1ccc(OCc2ccccc2)cc1)Nc1ccc(F)c(F)c1F. The van der Waals surface area contributed by atoms with Gasteiger partial charge in [0.05, 0.1) is 5.69 Å². The monoisotopic (exact) mass is 387 g/mol. The minimum atomic E-state index is -1.65. The van der Waals surface area contributed by atoms with Gasteiger partial charge >= 0.3 is 0 Å². The number of benzene rings is 3. The van der Waals surface area contributed by atoms with Crippen molar-refractivity contribution in [2.24, 2.45) is 0 Å². The number of hydrogen-bond acceptors (Lipinski definition) is 3. The predicted octanol–water partition coefficient (Wildman–Crippen LogP) is 4.70. The summed E-state index contributed by atoms with van der Waals surface area (Å²) in [6.07, 6.45) is 0. The second kappa shape index (κ2) is 8.94. The van der Waals surface area contributed by atoms with Crippen LogP contribution in [0.4, 0.5) is 18.9 Å². The molecule has 1 N–H and O–H groups in total. The fourth-order valence-corrected chi connectivity index (χ4v) is 2.33. The fraction of sp³-hybridized carbons (Fsp3) is 0.0952.